The highest BCUT2D eigenvalue weighted by atomic mass is 16.5. The Balaban J connectivity index is 1.77. The molecule has 0 fully saturated rings. The first-order chi connectivity index (χ1) is 20.0. The number of hydrogen-bond acceptors (Lipinski definition) is 6. The molecule has 0 aromatic heterocycles. The van der Waals surface area contributed by atoms with Crippen molar-refractivity contribution in [2.24, 2.45) is 11.1 Å². The molecule has 1 heterocycles. The molecular formula is C34H41N3O5. The standard InChI is InChI=1S/C34H41N3O5/c1-34(2,3)30(35)32(39)37-21-27-14-10-9-13-26(27)19-28(37)31(38)36(29(22-41-4)24-11-7-6-8-12-24)20-23-15-17-25(18-16-23)33(40)42-5/h6-18,28-30H,19-22,35H2,1-5H3/t28-,29-,30?/m0/s1. The van der Waals surface area contributed by atoms with Crippen LogP contribution in [0, 0.1) is 5.41 Å². The number of hydrogen-bond donors (Lipinski definition) is 1. The number of ether oxygens (including phenoxy) is 2. The number of nitrogens with zero attached hydrogens (tertiary/aromatic N) is 2. The van der Waals surface area contributed by atoms with Gasteiger partial charge < -0.3 is 25.0 Å². The van der Waals surface area contributed by atoms with Crippen LogP contribution in [0.25, 0.3) is 0 Å². The number of rotatable bonds is 9. The number of nitrogens with two attached hydrogens (primary N) is 1. The fourth-order valence-electron chi connectivity index (χ4n) is 5.32. The van der Waals surface area contributed by atoms with E-state index in [0.717, 1.165) is 22.3 Å². The SMILES string of the molecule is COC[C@@H](c1ccccc1)N(Cc1ccc(C(=O)OC)cc1)C(=O)[C@@H]1Cc2ccccc2CN1C(=O)C(N)C(C)(C)C. The van der Waals surface area contributed by atoms with Crippen LogP contribution in [0.15, 0.2) is 78.9 Å². The van der Waals surface area contributed by atoms with E-state index >= 15 is 0 Å². The van der Waals surface area contributed by atoms with E-state index in [1.807, 2.05) is 87.5 Å². The third-order valence-electron chi connectivity index (χ3n) is 7.91. The highest BCUT2D eigenvalue weighted by Crippen LogP contribution is 2.31. The van der Waals surface area contributed by atoms with Gasteiger partial charge in [0, 0.05) is 26.6 Å². The van der Waals surface area contributed by atoms with Gasteiger partial charge in [-0.3, -0.25) is 9.59 Å². The number of amides is 2. The number of benzene rings is 3. The van der Waals surface area contributed by atoms with Gasteiger partial charge in [-0.25, -0.2) is 4.79 Å². The van der Waals surface area contributed by atoms with E-state index in [9.17, 15) is 14.4 Å². The predicted octanol–water partition coefficient (Wildman–Crippen LogP) is 4.52. The van der Waals surface area contributed by atoms with Gasteiger partial charge >= 0.3 is 5.97 Å². The first kappa shape index (κ1) is 30.9. The Morgan fingerprint density at radius 3 is 2.14 bits per heavy atom. The largest absolute Gasteiger partial charge is 0.465 e. The lowest BCUT2D eigenvalue weighted by molar-refractivity contribution is -0.151. The first-order valence-electron chi connectivity index (χ1n) is 14.2. The van der Waals surface area contributed by atoms with Crippen molar-refractivity contribution in [3.63, 3.8) is 0 Å². The average Bonchev–Trinajstić information content (AvgIpc) is 3.00. The van der Waals surface area contributed by atoms with Crippen LogP contribution in [-0.2, 0) is 38.6 Å². The molecule has 8 heteroatoms. The summed E-state index contributed by atoms with van der Waals surface area (Å²) in [5, 5.41) is 0. The molecule has 3 aromatic carbocycles. The van der Waals surface area contributed by atoms with Crippen molar-refractivity contribution in [3.05, 3.63) is 107 Å². The lowest BCUT2D eigenvalue weighted by Gasteiger charge is -2.43. The maximum Gasteiger partial charge on any atom is 0.337 e. The number of fused-ring (bicyclic) bond motifs is 1. The summed E-state index contributed by atoms with van der Waals surface area (Å²) in [6.45, 7) is 6.59. The van der Waals surface area contributed by atoms with Crippen LogP contribution in [0.5, 0.6) is 0 Å². The van der Waals surface area contributed by atoms with E-state index in [4.69, 9.17) is 15.2 Å². The topological polar surface area (TPSA) is 102 Å². The van der Waals surface area contributed by atoms with E-state index in [0.29, 0.717) is 18.5 Å². The third-order valence-corrected chi connectivity index (χ3v) is 7.91. The van der Waals surface area contributed by atoms with Crippen LogP contribution in [0.2, 0.25) is 0 Å². The summed E-state index contributed by atoms with van der Waals surface area (Å²) in [7, 11) is 2.95. The van der Waals surface area contributed by atoms with E-state index in [-0.39, 0.29) is 25.0 Å². The van der Waals surface area contributed by atoms with Crippen LogP contribution < -0.4 is 5.73 Å². The fourth-order valence-corrected chi connectivity index (χ4v) is 5.32. The van der Waals surface area contributed by atoms with Crippen molar-refractivity contribution < 1.29 is 23.9 Å². The molecule has 1 aliphatic rings. The molecular weight excluding hydrogens is 530 g/mol. The summed E-state index contributed by atoms with van der Waals surface area (Å²) < 4.78 is 10.5. The Bertz CT molecular complexity index is 1380. The van der Waals surface area contributed by atoms with E-state index in [1.54, 1.807) is 29.0 Å². The minimum absolute atomic E-state index is 0.193. The molecule has 3 atom stereocenters. The summed E-state index contributed by atoms with van der Waals surface area (Å²) in [4.78, 5) is 44.1. The molecule has 1 unspecified atom stereocenters. The average molecular weight is 572 g/mol. The van der Waals surface area contributed by atoms with Gasteiger partial charge in [0.25, 0.3) is 0 Å². The molecule has 3 aromatic rings. The number of methoxy groups -OCH3 is 2. The van der Waals surface area contributed by atoms with Gasteiger partial charge in [0.2, 0.25) is 11.8 Å². The van der Waals surface area contributed by atoms with Gasteiger partial charge in [-0.15, -0.1) is 0 Å². The number of carbonyl (C=O) groups is 3. The molecule has 0 bridgehead atoms. The van der Waals surface area contributed by atoms with Crippen molar-refractivity contribution in [3.8, 4) is 0 Å². The quantitative estimate of drug-likeness (QED) is 0.379. The van der Waals surface area contributed by atoms with E-state index in [1.165, 1.54) is 7.11 Å². The maximum absolute atomic E-state index is 14.8. The molecule has 0 saturated heterocycles. The normalized spacial score (nSPS) is 16.2. The summed E-state index contributed by atoms with van der Waals surface area (Å²) in [5.41, 5.74) is 10.2. The first-order valence-corrected chi connectivity index (χ1v) is 14.2. The zero-order valence-electron chi connectivity index (χ0n) is 25.1. The maximum atomic E-state index is 14.8. The minimum atomic E-state index is -0.777. The molecule has 1 aliphatic heterocycles. The van der Waals surface area contributed by atoms with Crippen LogP contribution in [-0.4, -0.2) is 60.5 Å². The Morgan fingerprint density at radius 1 is 0.929 bits per heavy atom. The van der Waals surface area contributed by atoms with Gasteiger partial charge in [-0.2, -0.15) is 0 Å². The molecule has 2 N–H and O–H groups in total. The summed E-state index contributed by atoms with van der Waals surface area (Å²) in [5.74, 6) is -0.871. The van der Waals surface area contributed by atoms with Crippen molar-refractivity contribution in [2.45, 2.75) is 58.4 Å². The lowest BCUT2D eigenvalue weighted by atomic mass is 9.84. The second-order valence-electron chi connectivity index (χ2n) is 11.8. The lowest BCUT2D eigenvalue weighted by Crippen LogP contribution is -2.59. The van der Waals surface area contributed by atoms with Crippen LogP contribution in [0.4, 0.5) is 0 Å². The molecule has 42 heavy (non-hydrogen) atoms. The Kier molecular flexibility index (Phi) is 9.81. The van der Waals surface area contributed by atoms with Crippen molar-refractivity contribution >= 4 is 17.8 Å². The molecule has 0 spiro atoms. The Morgan fingerprint density at radius 2 is 1.55 bits per heavy atom. The molecule has 0 saturated carbocycles. The number of esters is 1. The minimum Gasteiger partial charge on any atom is -0.465 e. The second kappa shape index (κ2) is 13.3. The van der Waals surface area contributed by atoms with Crippen LogP contribution >= 0.6 is 0 Å². The zero-order chi connectivity index (χ0) is 30.4. The molecule has 2 amide bonds. The smallest absolute Gasteiger partial charge is 0.337 e. The molecule has 0 aliphatic carbocycles. The van der Waals surface area contributed by atoms with Crippen LogP contribution in [0.1, 0.15) is 59.4 Å². The van der Waals surface area contributed by atoms with Crippen LogP contribution in [0.3, 0.4) is 0 Å². The number of carbonyl (C=O) groups excluding carboxylic acids is 3. The second-order valence-corrected chi connectivity index (χ2v) is 11.8. The Labute approximate surface area is 248 Å². The van der Waals surface area contributed by atoms with Gasteiger partial charge in [-0.05, 0) is 39.8 Å². The Hall–Kier alpha value is -4.01. The third kappa shape index (κ3) is 6.89. The van der Waals surface area contributed by atoms with E-state index in [2.05, 4.69) is 0 Å². The van der Waals surface area contributed by atoms with Gasteiger partial charge in [-0.1, -0.05) is 87.5 Å². The predicted molar refractivity (Wildman–Crippen MR) is 161 cm³/mol. The summed E-state index contributed by atoms with van der Waals surface area (Å²) in [6, 6.07) is 22.7. The highest BCUT2D eigenvalue weighted by Gasteiger charge is 2.42. The van der Waals surface area contributed by atoms with Gasteiger partial charge in [0.1, 0.15) is 6.04 Å². The molecule has 222 valence electrons. The summed E-state index contributed by atoms with van der Waals surface area (Å²) >= 11 is 0. The molecule has 4 rings (SSSR count). The highest BCUT2D eigenvalue weighted by molar-refractivity contribution is 5.91. The van der Waals surface area contributed by atoms with Crippen molar-refractivity contribution in [1.82, 2.24) is 9.80 Å². The van der Waals surface area contributed by atoms with Gasteiger partial charge in [0.05, 0.1) is 31.4 Å². The fraction of sp³-hybridized carbons (Fsp3) is 0.382. The van der Waals surface area contributed by atoms with E-state index < -0.39 is 29.5 Å². The molecule has 8 nitrogen and oxygen atoms in total. The van der Waals surface area contributed by atoms with Crippen molar-refractivity contribution in [1.29, 1.82) is 0 Å². The molecule has 0 radical (unpaired) electrons. The zero-order valence-corrected chi connectivity index (χ0v) is 25.1. The monoisotopic (exact) mass is 571 g/mol. The van der Waals surface area contributed by atoms with Gasteiger partial charge in [0.15, 0.2) is 0 Å². The summed E-state index contributed by atoms with van der Waals surface area (Å²) in [6.07, 6.45) is 0.379. The van der Waals surface area contributed by atoms with Crippen molar-refractivity contribution in [2.75, 3.05) is 20.8 Å².